The molecule has 0 amide bonds. The monoisotopic (exact) mass is 210 g/mol. The Balaban J connectivity index is 2.25. The van der Waals surface area contributed by atoms with Crippen LogP contribution >= 0.6 is 11.8 Å². The summed E-state index contributed by atoms with van der Waals surface area (Å²) in [4.78, 5) is 18.8. The Morgan fingerprint density at radius 2 is 2.50 bits per heavy atom. The smallest absolute Gasteiger partial charge is 0.354 e. The fourth-order valence-electron chi connectivity index (χ4n) is 1.43. The highest BCUT2D eigenvalue weighted by atomic mass is 32.2. The van der Waals surface area contributed by atoms with Gasteiger partial charge in [0.1, 0.15) is 5.82 Å². The lowest BCUT2D eigenvalue weighted by atomic mass is 10.2. The number of aromatic carboxylic acids is 1. The normalized spacial score (nSPS) is 21.0. The van der Waals surface area contributed by atoms with Crippen molar-refractivity contribution < 1.29 is 9.90 Å². The number of thioether (sulfide) groups is 1. The largest absolute Gasteiger partial charge is 0.477 e. The van der Waals surface area contributed by atoms with Crippen LogP contribution in [0.1, 0.15) is 34.4 Å². The van der Waals surface area contributed by atoms with Crippen LogP contribution in [0.25, 0.3) is 0 Å². The van der Waals surface area contributed by atoms with Gasteiger partial charge in [0.15, 0.2) is 5.69 Å². The van der Waals surface area contributed by atoms with Crippen LogP contribution in [0.15, 0.2) is 12.3 Å². The molecule has 0 bridgehead atoms. The van der Waals surface area contributed by atoms with Crippen LogP contribution in [-0.2, 0) is 0 Å². The van der Waals surface area contributed by atoms with Gasteiger partial charge in [0.05, 0.1) is 5.25 Å². The lowest BCUT2D eigenvalue weighted by Gasteiger charge is -2.06. The molecule has 74 valence electrons. The number of carboxylic acids is 1. The van der Waals surface area contributed by atoms with Gasteiger partial charge in [-0.2, -0.15) is 11.8 Å². The number of hydrogen-bond donors (Lipinski definition) is 1. The lowest BCUT2D eigenvalue weighted by molar-refractivity contribution is 0.0690. The van der Waals surface area contributed by atoms with Crippen LogP contribution in [0.5, 0.6) is 0 Å². The van der Waals surface area contributed by atoms with E-state index in [0.29, 0.717) is 5.82 Å². The first kappa shape index (κ1) is 9.45. The van der Waals surface area contributed by atoms with Gasteiger partial charge in [0, 0.05) is 6.20 Å². The van der Waals surface area contributed by atoms with Gasteiger partial charge in [-0.15, -0.1) is 0 Å². The standard InChI is InChI=1S/C9H10N2O2S/c12-9(13)6-3-4-10-8(11-6)7-2-1-5-14-7/h3-4,7H,1-2,5H2,(H,12,13). The Bertz CT molecular complexity index is 350. The summed E-state index contributed by atoms with van der Waals surface area (Å²) in [5.74, 6) is 0.787. The van der Waals surface area contributed by atoms with Gasteiger partial charge in [-0.25, -0.2) is 14.8 Å². The third-order valence-electron chi connectivity index (χ3n) is 2.11. The van der Waals surface area contributed by atoms with Crippen molar-refractivity contribution in [3.8, 4) is 0 Å². The first-order valence-corrected chi connectivity index (χ1v) is 5.50. The molecule has 0 radical (unpaired) electrons. The topological polar surface area (TPSA) is 63.1 Å². The number of carboxylic acid groups (broad SMARTS) is 1. The summed E-state index contributed by atoms with van der Waals surface area (Å²) in [6.45, 7) is 0. The molecule has 5 heteroatoms. The third kappa shape index (κ3) is 1.87. The molecule has 1 aliphatic rings. The van der Waals surface area contributed by atoms with Gasteiger partial charge in [-0.05, 0) is 24.7 Å². The molecule has 1 aromatic heterocycles. The number of carbonyl (C=O) groups is 1. The molecule has 1 aliphatic heterocycles. The number of hydrogen-bond acceptors (Lipinski definition) is 4. The summed E-state index contributed by atoms with van der Waals surface area (Å²) in [5.41, 5.74) is 0.0856. The minimum absolute atomic E-state index is 0.0856. The average Bonchev–Trinajstić information content (AvgIpc) is 2.71. The van der Waals surface area contributed by atoms with E-state index >= 15 is 0 Å². The van der Waals surface area contributed by atoms with Crippen LogP contribution in [0.2, 0.25) is 0 Å². The van der Waals surface area contributed by atoms with Crippen molar-refractivity contribution in [1.29, 1.82) is 0 Å². The van der Waals surface area contributed by atoms with E-state index in [1.165, 1.54) is 12.3 Å². The zero-order chi connectivity index (χ0) is 9.97. The summed E-state index contributed by atoms with van der Waals surface area (Å²) >= 11 is 1.80. The van der Waals surface area contributed by atoms with E-state index in [0.717, 1.165) is 18.6 Å². The summed E-state index contributed by atoms with van der Waals surface area (Å²) in [5, 5.41) is 9.04. The molecule has 2 heterocycles. The van der Waals surface area contributed by atoms with E-state index in [-0.39, 0.29) is 10.9 Å². The number of rotatable bonds is 2. The fraction of sp³-hybridized carbons (Fsp3) is 0.444. The molecule has 1 aromatic rings. The Hall–Kier alpha value is -1.10. The van der Waals surface area contributed by atoms with E-state index in [2.05, 4.69) is 9.97 Å². The molecule has 14 heavy (non-hydrogen) atoms. The maximum Gasteiger partial charge on any atom is 0.354 e. The molecule has 1 N–H and O–H groups in total. The SMILES string of the molecule is O=C(O)c1ccnc(C2CCCS2)n1. The molecule has 0 aliphatic carbocycles. The molecular formula is C9H10N2O2S. The van der Waals surface area contributed by atoms with Crippen molar-refractivity contribution >= 4 is 17.7 Å². The fourth-order valence-corrected chi connectivity index (χ4v) is 2.64. The van der Waals surface area contributed by atoms with Crippen LogP contribution in [0, 0.1) is 0 Å². The Labute approximate surface area is 85.8 Å². The second-order valence-corrected chi connectivity index (χ2v) is 4.42. The summed E-state index contributed by atoms with van der Waals surface area (Å²) in [6, 6.07) is 1.42. The quantitative estimate of drug-likeness (QED) is 0.805. The van der Waals surface area contributed by atoms with Gasteiger partial charge in [-0.1, -0.05) is 0 Å². The van der Waals surface area contributed by atoms with Crippen LogP contribution in [0.4, 0.5) is 0 Å². The molecule has 0 saturated carbocycles. The Morgan fingerprint density at radius 3 is 3.14 bits per heavy atom. The van der Waals surface area contributed by atoms with Gasteiger partial charge < -0.3 is 5.11 Å². The summed E-state index contributed by atoms with van der Waals surface area (Å²) in [7, 11) is 0. The predicted octanol–water partition coefficient (Wildman–Crippen LogP) is 1.74. The van der Waals surface area contributed by atoms with Crippen LogP contribution in [0.3, 0.4) is 0 Å². The zero-order valence-electron chi connectivity index (χ0n) is 7.51. The van der Waals surface area contributed by atoms with Crippen molar-refractivity contribution in [2.24, 2.45) is 0 Å². The molecule has 2 rings (SSSR count). The van der Waals surface area contributed by atoms with E-state index in [4.69, 9.17) is 5.11 Å². The minimum atomic E-state index is -0.989. The van der Waals surface area contributed by atoms with E-state index in [1.807, 2.05) is 0 Å². The molecule has 0 spiro atoms. The number of nitrogens with zero attached hydrogens (tertiary/aromatic N) is 2. The van der Waals surface area contributed by atoms with Crippen molar-refractivity contribution in [2.45, 2.75) is 18.1 Å². The van der Waals surface area contributed by atoms with E-state index in [9.17, 15) is 4.79 Å². The van der Waals surface area contributed by atoms with E-state index < -0.39 is 5.97 Å². The van der Waals surface area contributed by atoms with Crippen molar-refractivity contribution in [3.05, 3.63) is 23.8 Å². The molecule has 1 fully saturated rings. The highest BCUT2D eigenvalue weighted by Crippen LogP contribution is 2.37. The maximum absolute atomic E-state index is 10.7. The second kappa shape index (κ2) is 3.96. The Morgan fingerprint density at radius 1 is 1.64 bits per heavy atom. The third-order valence-corrected chi connectivity index (χ3v) is 3.48. The summed E-state index contributed by atoms with van der Waals surface area (Å²) < 4.78 is 0. The maximum atomic E-state index is 10.7. The minimum Gasteiger partial charge on any atom is -0.477 e. The van der Waals surface area contributed by atoms with Gasteiger partial charge in [-0.3, -0.25) is 0 Å². The van der Waals surface area contributed by atoms with Crippen molar-refractivity contribution in [3.63, 3.8) is 0 Å². The van der Waals surface area contributed by atoms with Gasteiger partial charge >= 0.3 is 5.97 Å². The molecule has 1 saturated heterocycles. The van der Waals surface area contributed by atoms with Gasteiger partial charge in [0.25, 0.3) is 0 Å². The molecule has 4 nitrogen and oxygen atoms in total. The predicted molar refractivity (Wildman–Crippen MR) is 53.4 cm³/mol. The molecule has 0 aromatic carbocycles. The summed E-state index contributed by atoms with van der Waals surface area (Å²) in [6.07, 6.45) is 3.73. The first-order chi connectivity index (χ1) is 6.77. The van der Waals surface area contributed by atoms with E-state index in [1.54, 1.807) is 11.8 Å². The van der Waals surface area contributed by atoms with Crippen molar-refractivity contribution in [2.75, 3.05) is 5.75 Å². The highest BCUT2D eigenvalue weighted by molar-refractivity contribution is 7.99. The number of aromatic nitrogens is 2. The van der Waals surface area contributed by atoms with Crippen LogP contribution in [-0.4, -0.2) is 26.8 Å². The second-order valence-electron chi connectivity index (χ2n) is 3.11. The lowest BCUT2D eigenvalue weighted by Crippen LogP contribution is -2.05. The molecule has 1 unspecified atom stereocenters. The molecule has 1 atom stereocenters. The Kier molecular flexibility index (Phi) is 2.67. The highest BCUT2D eigenvalue weighted by Gasteiger charge is 2.21. The van der Waals surface area contributed by atoms with Crippen molar-refractivity contribution in [1.82, 2.24) is 9.97 Å². The van der Waals surface area contributed by atoms with Gasteiger partial charge in [0.2, 0.25) is 0 Å². The zero-order valence-corrected chi connectivity index (χ0v) is 8.33. The van der Waals surface area contributed by atoms with Crippen LogP contribution < -0.4 is 0 Å². The molecular weight excluding hydrogens is 200 g/mol. The first-order valence-electron chi connectivity index (χ1n) is 4.45. The average molecular weight is 210 g/mol.